The van der Waals surface area contributed by atoms with Crippen LogP contribution in [0.3, 0.4) is 0 Å². The number of nitrogens with two attached hydrogens (primary N) is 1. The molecule has 78 heavy (non-hydrogen) atoms. The maximum Gasteiger partial charge on any atom is 0.415 e. The summed E-state index contributed by atoms with van der Waals surface area (Å²) < 4.78 is 17.0. The SMILES string of the molecule is CNc1ccc2nc(N)sc2n1.Cc1ccc(C)n1-c1nc2ccc(Cl)nc2s1.Cc1ccc(C)n1-c1nc2ccc(N(C)C(=O)OC(C)(C)C)nc2s1.Cc1ccc(C)n1-c1nc2ccc(NC(=O)OC(C)(C)C)nc2s1. The van der Waals surface area contributed by atoms with Crippen molar-refractivity contribution in [2.75, 3.05) is 35.4 Å². The highest BCUT2D eigenvalue weighted by atomic mass is 35.5. The number of carbonyl (C=O) groups is 2. The van der Waals surface area contributed by atoms with Gasteiger partial charge in [0.05, 0.1) is 0 Å². The van der Waals surface area contributed by atoms with Crippen LogP contribution in [0.2, 0.25) is 5.15 Å². The molecule has 11 aromatic rings. The van der Waals surface area contributed by atoms with Crippen molar-refractivity contribution in [1.29, 1.82) is 0 Å². The van der Waals surface area contributed by atoms with Crippen molar-refractivity contribution in [3.8, 4) is 15.4 Å². The number of thiazole rings is 4. The average Bonchev–Trinajstić information content (AvgIpc) is 4.36. The molecule has 0 aliphatic carbocycles. The van der Waals surface area contributed by atoms with Crippen LogP contribution in [-0.4, -0.2) is 91.1 Å². The molecule has 24 heteroatoms. The van der Waals surface area contributed by atoms with Crippen LogP contribution in [0.4, 0.5) is 32.2 Å². The number of carbonyl (C=O) groups excluding carboxylic acids is 2. The first-order chi connectivity index (χ1) is 36.8. The lowest BCUT2D eigenvalue weighted by atomic mass is 10.2. The summed E-state index contributed by atoms with van der Waals surface area (Å²) in [6, 6.07) is 27.1. The normalized spacial score (nSPS) is 11.4. The van der Waals surface area contributed by atoms with Crippen LogP contribution in [0.25, 0.3) is 56.8 Å². The maximum atomic E-state index is 12.2. The van der Waals surface area contributed by atoms with Crippen LogP contribution in [0.1, 0.15) is 75.7 Å². The summed E-state index contributed by atoms with van der Waals surface area (Å²) in [5.41, 5.74) is 14.7. The molecule has 0 bridgehead atoms. The van der Waals surface area contributed by atoms with Gasteiger partial charge in [0, 0.05) is 48.3 Å². The van der Waals surface area contributed by atoms with E-state index in [9.17, 15) is 9.59 Å². The molecule has 0 fully saturated rings. The number of ether oxygens (including phenoxy) is 2. The van der Waals surface area contributed by atoms with E-state index in [0.717, 1.165) is 85.4 Å². The minimum Gasteiger partial charge on any atom is -0.444 e. The first-order valence-corrected chi connectivity index (χ1v) is 28.1. The second-order valence-corrected chi connectivity index (χ2v) is 24.1. The fourth-order valence-electron chi connectivity index (χ4n) is 7.64. The van der Waals surface area contributed by atoms with E-state index < -0.39 is 23.4 Å². The van der Waals surface area contributed by atoms with Crippen LogP contribution in [0.5, 0.6) is 0 Å². The average molecular weight is 1150 g/mol. The van der Waals surface area contributed by atoms with Crippen LogP contribution in [0.15, 0.2) is 84.9 Å². The Hall–Kier alpha value is -7.57. The number of hydrogen-bond donors (Lipinski definition) is 3. The molecule has 0 aliphatic heterocycles. The Morgan fingerprint density at radius 1 is 0.513 bits per heavy atom. The van der Waals surface area contributed by atoms with Gasteiger partial charge in [0.15, 0.2) is 20.5 Å². The first kappa shape index (κ1) is 56.6. The van der Waals surface area contributed by atoms with Gasteiger partial charge < -0.3 is 20.5 Å². The Morgan fingerprint density at radius 2 is 0.897 bits per heavy atom. The van der Waals surface area contributed by atoms with Gasteiger partial charge in [0.1, 0.15) is 75.2 Å². The zero-order chi connectivity index (χ0) is 56.4. The van der Waals surface area contributed by atoms with Crippen LogP contribution in [-0.2, 0) is 9.47 Å². The van der Waals surface area contributed by atoms with Crippen LogP contribution >= 0.6 is 56.9 Å². The van der Waals surface area contributed by atoms with Gasteiger partial charge in [0.2, 0.25) is 0 Å². The maximum absolute atomic E-state index is 12.2. The summed E-state index contributed by atoms with van der Waals surface area (Å²) in [4.78, 5) is 64.4. The molecule has 0 spiro atoms. The van der Waals surface area contributed by atoms with E-state index in [0.29, 0.717) is 21.9 Å². The minimum absolute atomic E-state index is 0.429. The summed E-state index contributed by atoms with van der Waals surface area (Å²) in [7, 11) is 3.49. The molecule has 0 saturated carbocycles. The fraction of sp³-hybridized carbons (Fsp3) is 0.296. The van der Waals surface area contributed by atoms with Gasteiger partial charge >= 0.3 is 12.2 Å². The van der Waals surface area contributed by atoms with E-state index >= 15 is 0 Å². The third-order valence-corrected chi connectivity index (χ3v) is 15.1. The van der Waals surface area contributed by atoms with Gasteiger partial charge in [-0.15, -0.1) is 0 Å². The molecular weight excluding hydrogens is 1090 g/mol. The lowest BCUT2D eigenvalue weighted by molar-refractivity contribution is 0.0586. The Morgan fingerprint density at radius 3 is 1.36 bits per heavy atom. The third-order valence-electron chi connectivity index (χ3n) is 11.2. The van der Waals surface area contributed by atoms with Crippen molar-refractivity contribution in [3.63, 3.8) is 0 Å². The van der Waals surface area contributed by atoms with Crippen molar-refractivity contribution >= 4 is 133 Å². The summed E-state index contributed by atoms with van der Waals surface area (Å²) >= 11 is 11.8. The molecule has 2 amide bonds. The number of aryl methyl sites for hydroxylation is 6. The largest absolute Gasteiger partial charge is 0.444 e. The smallest absolute Gasteiger partial charge is 0.415 e. The molecule has 406 valence electrons. The molecule has 11 aromatic heterocycles. The van der Waals surface area contributed by atoms with Gasteiger partial charge in [-0.1, -0.05) is 56.9 Å². The highest BCUT2D eigenvalue weighted by Crippen LogP contribution is 2.31. The quantitative estimate of drug-likeness (QED) is 0.132. The van der Waals surface area contributed by atoms with Crippen LogP contribution < -0.4 is 21.3 Å². The van der Waals surface area contributed by atoms with Crippen molar-refractivity contribution in [2.24, 2.45) is 0 Å². The second kappa shape index (κ2) is 23.2. The molecule has 0 aliphatic rings. The number of nitrogen functional groups attached to an aromatic ring is 1. The number of nitrogens with one attached hydrogen (secondary N) is 2. The Labute approximate surface area is 472 Å². The van der Waals surface area contributed by atoms with Gasteiger partial charge in [-0.05, 0) is 168 Å². The van der Waals surface area contributed by atoms with Gasteiger partial charge in [0.25, 0.3) is 0 Å². The number of fused-ring (bicyclic) bond motifs is 4. The second-order valence-electron chi connectivity index (χ2n) is 19.8. The van der Waals surface area contributed by atoms with E-state index in [1.54, 1.807) is 36.6 Å². The molecule has 19 nitrogen and oxygen atoms in total. The van der Waals surface area contributed by atoms with Gasteiger partial charge in [-0.25, -0.2) is 49.5 Å². The van der Waals surface area contributed by atoms with E-state index in [2.05, 4.69) is 114 Å². The molecule has 0 atom stereocenters. The molecule has 11 rings (SSSR count). The van der Waals surface area contributed by atoms with E-state index in [4.69, 9.17) is 26.8 Å². The highest BCUT2D eigenvalue weighted by molar-refractivity contribution is 7.22. The summed E-state index contributed by atoms with van der Waals surface area (Å²) in [6.45, 7) is 23.3. The van der Waals surface area contributed by atoms with E-state index in [1.165, 1.54) is 50.3 Å². The number of hydrogen-bond acceptors (Lipinski definition) is 18. The van der Waals surface area contributed by atoms with Crippen molar-refractivity contribution in [1.82, 2.24) is 53.6 Å². The predicted molar refractivity (Wildman–Crippen MR) is 320 cm³/mol. The van der Waals surface area contributed by atoms with Crippen molar-refractivity contribution in [2.45, 2.75) is 94.3 Å². The van der Waals surface area contributed by atoms with Gasteiger partial charge in [-0.2, -0.15) is 0 Å². The molecule has 4 N–H and O–H groups in total. The number of pyridine rings is 4. The lowest BCUT2D eigenvalue weighted by Crippen LogP contribution is -2.34. The standard InChI is InChI=1S/C18H22N4O2S.C17H20N4O2S.C12H10ClN3S.C7H8N4S/c1-11-7-8-12(2)22(11)16-19-13-9-10-14(20-15(13)25-16)21(6)17(23)24-18(3,4)5;1-10-6-7-11(2)21(10)15-18-12-8-9-13(19-14(12)24-15)20-16(22)23-17(3,4)5;1-7-3-4-8(2)16(7)12-14-9-5-6-10(13)15-11(9)17-12;1-9-5-3-2-4-6(11-5)12-7(8)10-4/h7-10H,1-6H3;6-9H,1-5H3,(H,19,20,22);3-6H,1-2H3;2-3H,1H3,(H2,8,10)(H,9,11). The fourth-order valence-corrected chi connectivity index (χ4v) is 11.7. The molecule has 11 heterocycles. The number of halogens is 1. The predicted octanol–water partition coefficient (Wildman–Crippen LogP) is 14.0. The minimum atomic E-state index is -0.546. The Kier molecular flexibility index (Phi) is 16.8. The van der Waals surface area contributed by atoms with E-state index in [-0.39, 0.29) is 0 Å². The molecule has 0 radical (unpaired) electrons. The number of anilines is 4. The number of rotatable bonds is 6. The molecule has 0 saturated heterocycles. The first-order valence-electron chi connectivity index (χ1n) is 24.4. The molecule has 0 unspecified atom stereocenters. The van der Waals surface area contributed by atoms with Crippen LogP contribution in [0, 0.1) is 41.5 Å². The summed E-state index contributed by atoms with van der Waals surface area (Å²) in [5.74, 6) is 1.83. The number of nitrogens with zero attached hydrogens (tertiary/aromatic N) is 12. The molecular formula is C54H60ClN15O4S4. The van der Waals surface area contributed by atoms with Crippen molar-refractivity contribution < 1.29 is 19.1 Å². The zero-order valence-corrected chi connectivity index (χ0v) is 49.7. The Bertz CT molecular complexity index is 3890. The number of amides is 2. The monoisotopic (exact) mass is 1150 g/mol. The molecule has 0 aromatic carbocycles. The third kappa shape index (κ3) is 13.6. The number of aromatic nitrogens is 11. The lowest BCUT2D eigenvalue weighted by Gasteiger charge is -2.24. The van der Waals surface area contributed by atoms with Gasteiger partial charge in [-0.3, -0.25) is 23.9 Å². The topological polar surface area (TPSA) is 224 Å². The highest BCUT2D eigenvalue weighted by Gasteiger charge is 2.23. The summed E-state index contributed by atoms with van der Waals surface area (Å²) in [5, 5.41) is 9.36. The zero-order valence-electron chi connectivity index (χ0n) is 45.7. The van der Waals surface area contributed by atoms with E-state index in [1.807, 2.05) is 107 Å². The Balaban J connectivity index is 0.000000142. The van der Waals surface area contributed by atoms with Crippen molar-refractivity contribution in [3.05, 3.63) is 124 Å². The summed E-state index contributed by atoms with van der Waals surface area (Å²) in [6.07, 6.45) is -0.947.